The second-order valence-corrected chi connectivity index (χ2v) is 25.2. The number of likely N-dealkylation sites (N-methyl/N-ethyl adjacent to an activating group) is 1. The summed E-state index contributed by atoms with van der Waals surface area (Å²) in [6.07, 6.45) is 97.2. The molecule has 1 N–H and O–H groups in total. The number of carboxylic acids is 1. The Hall–Kier alpha value is -4.57. The van der Waals surface area contributed by atoms with Gasteiger partial charge in [-0.25, -0.2) is 4.79 Å². The number of rotatable bonds is 66. The number of hydrogen-bond acceptors (Lipinski definition) is 7. The van der Waals surface area contributed by atoms with Crippen molar-refractivity contribution < 1.29 is 42.9 Å². The first-order valence-corrected chi connectivity index (χ1v) is 36.3. The molecular weight excluding hydrogens is 1100 g/mol. The van der Waals surface area contributed by atoms with E-state index in [1.54, 1.807) is 0 Å². The topological polar surface area (TPSA) is 108 Å². The lowest BCUT2D eigenvalue weighted by Gasteiger charge is -2.25. The van der Waals surface area contributed by atoms with Gasteiger partial charge in [0.15, 0.2) is 6.10 Å². The van der Waals surface area contributed by atoms with Gasteiger partial charge in [0.25, 0.3) is 6.29 Å². The number of ether oxygens (including phenoxy) is 4. The molecule has 2 unspecified atom stereocenters. The van der Waals surface area contributed by atoms with Gasteiger partial charge in [-0.2, -0.15) is 0 Å². The molecule has 0 fully saturated rings. The van der Waals surface area contributed by atoms with Gasteiger partial charge in [0, 0.05) is 12.8 Å². The van der Waals surface area contributed by atoms with Crippen molar-refractivity contribution in [1.82, 2.24) is 0 Å². The number of allylic oxidation sites excluding steroid dienone is 22. The molecule has 0 aliphatic carbocycles. The predicted octanol–water partition coefficient (Wildman–Crippen LogP) is 22.9. The molecule has 2 atom stereocenters. The Labute approximate surface area is 548 Å². The summed E-state index contributed by atoms with van der Waals surface area (Å²) in [4.78, 5) is 37.6. The molecule has 0 rings (SSSR count). The van der Waals surface area contributed by atoms with Crippen molar-refractivity contribution in [3.05, 3.63) is 134 Å². The monoisotopic (exact) mass is 1240 g/mol. The Morgan fingerprint density at radius 1 is 0.348 bits per heavy atom. The number of nitrogens with zero attached hydrogens (tertiary/aromatic N) is 1. The van der Waals surface area contributed by atoms with E-state index in [0.717, 1.165) is 96.3 Å². The third-order valence-electron chi connectivity index (χ3n) is 15.4. The Kier molecular flexibility index (Phi) is 65.8. The maximum Gasteiger partial charge on any atom is 0.361 e. The standard InChI is InChI=1S/C80H135NO8/c1-6-8-10-12-14-16-18-20-22-24-26-28-30-32-34-36-38-39-41-43-45-47-49-51-53-55-57-59-61-63-65-67-69-71-78(83)89-76(75-88-80(79(84)85)86-73-72-81(3,4)5)74-87-77(82)70-68-66-64-62-60-58-56-54-52-50-48-46-44-42-40-37-35-33-31-29-27-25-23-21-19-17-15-13-11-9-7-2/h8,10,14,16,20,22,25-28,32,34,38-39,43,45,49,51,55,57,61,63,76,80H,6-7,9,11-13,15,17-19,21,23-24,29-31,33,35-37,40-42,44,46-48,50,52-54,56,58-60,62,64-75H2,1-5H3/p+1/b10-8-,16-14-,22-20-,27-25-,28-26-,34-32-,39-38-,45-43-,51-49-,57-55-,63-61-. The quantitative estimate of drug-likeness (QED) is 0.0211. The van der Waals surface area contributed by atoms with Crippen molar-refractivity contribution >= 4 is 17.9 Å². The highest BCUT2D eigenvalue weighted by atomic mass is 16.7. The zero-order chi connectivity index (χ0) is 64.7. The van der Waals surface area contributed by atoms with Gasteiger partial charge in [0.1, 0.15) is 13.2 Å². The molecular formula is C80H136NO8+. The van der Waals surface area contributed by atoms with Crippen LogP contribution < -0.4 is 0 Å². The van der Waals surface area contributed by atoms with Crippen LogP contribution in [0.5, 0.6) is 0 Å². The first-order valence-electron chi connectivity index (χ1n) is 36.3. The van der Waals surface area contributed by atoms with E-state index in [4.69, 9.17) is 18.9 Å². The molecule has 9 nitrogen and oxygen atoms in total. The normalized spacial score (nSPS) is 13.5. The first-order chi connectivity index (χ1) is 43.6. The van der Waals surface area contributed by atoms with Crippen molar-refractivity contribution in [2.24, 2.45) is 0 Å². The Morgan fingerprint density at radius 2 is 0.640 bits per heavy atom. The number of hydrogen-bond donors (Lipinski definition) is 1. The predicted molar refractivity (Wildman–Crippen MR) is 382 cm³/mol. The maximum atomic E-state index is 12.9. The largest absolute Gasteiger partial charge is 0.477 e. The second-order valence-electron chi connectivity index (χ2n) is 25.2. The Balaban J connectivity index is 4.21. The van der Waals surface area contributed by atoms with Crippen LogP contribution in [0.1, 0.15) is 296 Å². The van der Waals surface area contributed by atoms with E-state index >= 15 is 0 Å². The minimum Gasteiger partial charge on any atom is -0.477 e. The zero-order valence-electron chi connectivity index (χ0n) is 58.0. The number of carbonyl (C=O) groups is 3. The van der Waals surface area contributed by atoms with E-state index in [-0.39, 0.29) is 38.6 Å². The van der Waals surface area contributed by atoms with Crippen LogP contribution in [0, 0.1) is 0 Å². The maximum absolute atomic E-state index is 12.9. The van der Waals surface area contributed by atoms with Gasteiger partial charge >= 0.3 is 17.9 Å². The fraction of sp³-hybridized carbons (Fsp3) is 0.688. The van der Waals surface area contributed by atoms with Crippen LogP contribution in [0.15, 0.2) is 134 Å². The van der Waals surface area contributed by atoms with E-state index in [0.29, 0.717) is 17.4 Å². The van der Waals surface area contributed by atoms with Gasteiger partial charge in [-0.3, -0.25) is 9.59 Å². The van der Waals surface area contributed by atoms with Crippen molar-refractivity contribution in [3.8, 4) is 0 Å². The van der Waals surface area contributed by atoms with Gasteiger partial charge < -0.3 is 28.5 Å². The number of aliphatic carboxylic acids is 1. The van der Waals surface area contributed by atoms with E-state index in [1.807, 2.05) is 21.1 Å². The Morgan fingerprint density at radius 3 is 0.989 bits per heavy atom. The summed E-state index contributed by atoms with van der Waals surface area (Å²) in [7, 11) is 5.96. The van der Waals surface area contributed by atoms with Gasteiger partial charge in [-0.15, -0.1) is 0 Å². The van der Waals surface area contributed by atoms with Crippen LogP contribution in [0.3, 0.4) is 0 Å². The summed E-state index contributed by atoms with van der Waals surface area (Å²) < 4.78 is 22.9. The summed E-state index contributed by atoms with van der Waals surface area (Å²) in [5.41, 5.74) is 0. The molecule has 0 aliphatic rings. The van der Waals surface area contributed by atoms with Crippen molar-refractivity contribution in [3.63, 3.8) is 0 Å². The number of unbranched alkanes of at least 4 members (excludes halogenated alkanes) is 29. The highest BCUT2D eigenvalue weighted by molar-refractivity contribution is 5.71. The van der Waals surface area contributed by atoms with Gasteiger partial charge in [0.05, 0.1) is 34.4 Å². The van der Waals surface area contributed by atoms with Crippen LogP contribution in [0.4, 0.5) is 0 Å². The fourth-order valence-corrected chi connectivity index (χ4v) is 9.86. The van der Waals surface area contributed by atoms with Gasteiger partial charge in [-0.05, 0) is 116 Å². The van der Waals surface area contributed by atoms with Crippen LogP contribution >= 0.6 is 0 Å². The number of esters is 2. The number of carboxylic acid groups (broad SMARTS) is 1. The minimum atomic E-state index is -1.53. The van der Waals surface area contributed by atoms with Crippen molar-refractivity contribution in [1.29, 1.82) is 0 Å². The van der Waals surface area contributed by atoms with Crippen molar-refractivity contribution in [2.75, 3.05) is 47.5 Å². The van der Waals surface area contributed by atoms with Crippen LogP contribution in [0.2, 0.25) is 0 Å². The molecule has 0 heterocycles. The van der Waals surface area contributed by atoms with Crippen molar-refractivity contribution in [2.45, 2.75) is 309 Å². The number of quaternary nitrogens is 1. The first kappa shape index (κ1) is 84.4. The SMILES string of the molecule is CC/C=C\C/C=C\C/C=C\C/C=C\C/C=C\C/C=C\C/C=C\C/C=C\C/C=C\C/C=C\CCCCC(=O)OC(COC(=O)CCCCCCCCCCCCCCCCCCCCC/C=C\CCCCCCCCCC)COC(OCC[N+](C)(C)C)C(=O)O. The summed E-state index contributed by atoms with van der Waals surface area (Å²) in [5.74, 6) is -2.07. The molecule has 0 aromatic carbocycles. The molecule has 0 aromatic rings. The van der Waals surface area contributed by atoms with Crippen LogP contribution in [-0.4, -0.2) is 87.4 Å². The molecule has 0 spiro atoms. The molecule has 0 aromatic heterocycles. The third-order valence-corrected chi connectivity index (χ3v) is 15.4. The molecule has 9 heteroatoms. The molecule has 0 aliphatic heterocycles. The van der Waals surface area contributed by atoms with E-state index in [1.165, 1.54) is 167 Å². The average molecular weight is 1240 g/mol. The lowest BCUT2D eigenvalue weighted by atomic mass is 10.0. The summed E-state index contributed by atoms with van der Waals surface area (Å²) in [6, 6.07) is 0. The third kappa shape index (κ3) is 70.7. The van der Waals surface area contributed by atoms with Crippen LogP contribution in [0.25, 0.3) is 0 Å². The minimum absolute atomic E-state index is 0.173. The fourth-order valence-electron chi connectivity index (χ4n) is 9.86. The summed E-state index contributed by atoms with van der Waals surface area (Å²) in [6.45, 7) is 4.73. The number of carbonyl (C=O) groups excluding carboxylic acids is 2. The lowest BCUT2D eigenvalue weighted by Crippen LogP contribution is -2.40. The lowest BCUT2D eigenvalue weighted by molar-refractivity contribution is -0.870. The van der Waals surface area contributed by atoms with E-state index in [2.05, 4.69) is 148 Å². The molecule has 0 radical (unpaired) electrons. The summed E-state index contributed by atoms with van der Waals surface area (Å²) in [5, 5.41) is 9.75. The molecule has 508 valence electrons. The highest BCUT2D eigenvalue weighted by Crippen LogP contribution is 2.17. The average Bonchev–Trinajstić information content (AvgIpc) is 3.64. The molecule has 89 heavy (non-hydrogen) atoms. The molecule has 0 amide bonds. The molecule has 0 bridgehead atoms. The highest BCUT2D eigenvalue weighted by Gasteiger charge is 2.25. The Bertz CT molecular complexity index is 1930. The molecule has 0 saturated carbocycles. The molecule has 0 saturated heterocycles. The smallest absolute Gasteiger partial charge is 0.361 e. The van der Waals surface area contributed by atoms with Gasteiger partial charge in [0.2, 0.25) is 0 Å². The second kappa shape index (κ2) is 69.3. The van der Waals surface area contributed by atoms with E-state index < -0.39 is 24.3 Å². The zero-order valence-corrected chi connectivity index (χ0v) is 58.0. The van der Waals surface area contributed by atoms with Gasteiger partial charge in [-0.1, -0.05) is 302 Å². The van der Waals surface area contributed by atoms with Crippen LogP contribution in [-0.2, 0) is 33.3 Å². The summed E-state index contributed by atoms with van der Waals surface area (Å²) >= 11 is 0. The van der Waals surface area contributed by atoms with E-state index in [9.17, 15) is 19.5 Å².